The first kappa shape index (κ1) is 12.1. The second-order valence-electron chi connectivity index (χ2n) is 4.40. The zero-order valence-corrected chi connectivity index (χ0v) is 9.67. The molecule has 0 amide bonds. The van der Waals surface area contributed by atoms with Crippen molar-refractivity contribution in [3.8, 4) is 5.75 Å². The molecule has 0 spiro atoms. The number of nitrogens with zero attached hydrogens (tertiary/aromatic N) is 1. The number of Topliss-reactive ketones (excluding diaryl/α,β-unsaturated/α-hetero) is 1. The van der Waals surface area contributed by atoms with Crippen molar-refractivity contribution < 1.29 is 15.0 Å². The first-order chi connectivity index (χ1) is 8.20. The van der Waals surface area contributed by atoms with E-state index in [1.165, 1.54) is 12.1 Å². The monoisotopic (exact) mass is 235 g/mol. The summed E-state index contributed by atoms with van der Waals surface area (Å²) in [5.74, 6) is 0.196. The van der Waals surface area contributed by atoms with E-state index in [9.17, 15) is 4.79 Å². The average molecular weight is 235 g/mol. The fourth-order valence-electron chi connectivity index (χ4n) is 1.88. The molecule has 0 unspecified atom stereocenters. The zero-order valence-electron chi connectivity index (χ0n) is 9.67. The molecule has 17 heavy (non-hydrogen) atoms. The number of hydrogen-bond acceptors (Lipinski definition) is 4. The van der Waals surface area contributed by atoms with Crippen LogP contribution in [0.3, 0.4) is 0 Å². The van der Waals surface area contributed by atoms with Gasteiger partial charge in [0.25, 0.3) is 0 Å². The normalized spacial score (nSPS) is 15.2. The van der Waals surface area contributed by atoms with E-state index in [2.05, 4.69) is 0 Å². The van der Waals surface area contributed by atoms with Gasteiger partial charge in [0.15, 0.2) is 5.78 Å². The maximum Gasteiger partial charge on any atom is 0.176 e. The van der Waals surface area contributed by atoms with Gasteiger partial charge in [-0.3, -0.25) is 9.69 Å². The van der Waals surface area contributed by atoms with E-state index in [-0.39, 0.29) is 18.1 Å². The highest BCUT2D eigenvalue weighted by Crippen LogP contribution is 2.26. The van der Waals surface area contributed by atoms with Gasteiger partial charge in [-0.05, 0) is 37.1 Å². The summed E-state index contributed by atoms with van der Waals surface area (Å²) in [6.45, 7) is 0.976. The molecule has 0 aromatic heterocycles. The van der Waals surface area contributed by atoms with Crippen molar-refractivity contribution >= 4 is 5.78 Å². The number of hydrogen-bond donors (Lipinski definition) is 2. The summed E-state index contributed by atoms with van der Waals surface area (Å²) in [6.07, 6.45) is 2.23. The standard InChI is InChI=1S/C13H17NO3/c15-8-7-14(11-3-4-11)9-13(17)10-1-5-12(16)6-2-10/h1-2,5-6,11,15-16H,3-4,7-9H2. The van der Waals surface area contributed by atoms with Crippen LogP contribution in [0.1, 0.15) is 23.2 Å². The van der Waals surface area contributed by atoms with Crippen LogP contribution in [0.5, 0.6) is 5.75 Å². The van der Waals surface area contributed by atoms with Crippen LogP contribution in [0.15, 0.2) is 24.3 Å². The summed E-state index contributed by atoms with van der Waals surface area (Å²) < 4.78 is 0. The predicted molar refractivity (Wildman–Crippen MR) is 64.1 cm³/mol. The molecule has 0 bridgehead atoms. The van der Waals surface area contributed by atoms with Crippen molar-refractivity contribution in [1.82, 2.24) is 4.90 Å². The van der Waals surface area contributed by atoms with E-state index in [0.717, 1.165) is 12.8 Å². The third-order valence-electron chi connectivity index (χ3n) is 2.99. The molecule has 1 aromatic rings. The molecule has 2 N–H and O–H groups in total. The molecular weight excluding hydrogens is 218 g/mol. The lowest BCUT2D eigenvalue weighted by molar-refractivity contribution is 0.0907. The van der Waals surface area contributed by atoms with Gasteiger partial charge in [0.05, 0.1) is 13.2 Å². The van der Waals surface area contributed by atoms with Crippen LogP contribution in [0, 0.1) is 0 Å². The van der Waals surface area contributed by atoms with Gasteiger partial charge in [0.2, 0.25) is 0 Å². The number of aromatic hydroxyl groups is 1. The number of phenols is 1. The average Bonchev–Trinajstić information content (AvgIpc) is 3.13. The van der Waals surface area contributed by atoms with E-state index in [1.54, 1.807) is 12.1 Å². The highest BCUT2D eigenvalue weighted by Gasteiger charge is 2.29. The molecule has 0 heterocycles. The highest BCUT2D eigenvalue weighted by atomic mass is 16.3. The second-order valence-corrected chi connectivity index (χ2v) is 4.40. The Balaban J connectivity index is 1.97. The molecule has 1 aliphatic carbocycles. The predicted octanol–water partition coefficient (Wildman–Crippen LogP) is 1.03. The Bertz CT molecular complexity index is 384. The van der Waals surface area contributed by atoms with Gasteiger partial charge < -0.3 is 10.2 Å². The van der Waals surface area contributed by atoms with Crippen LogP contribution in [0.4, 0.5) is 0 Å². The van der Waals surface area contributed by atoms with E-state index in [1.807, 2.05) is 4.90 Å². The van der Waals surface area contributed by atoms with Crippen LogP contribution < -0.4 is 0 Å². The lowest BCUT2D eigenvalue weighted by Gasteiger charge is -2.19. The minimum Gasteiger partial charge on any atom is -0.508 e. The summed E-state index contributed by atoms with van der Waals surface area (Å²) in [7, 11) is 0. The van der Waals surface area contributed by atoms with Gasteiger partial charge in [0.1, 0.15) is 5.75 Å². The third-order valence-corrected chi connectivity index (χ3v) is 2.99. The van der Waals surface area contributed by atoms with Crippen molar-refractivity contribution in [2.24, 2.45) is 0 Å². The van der Waals surface area contributed by atoms with Crippen molar-refractivity contribution in [3.63, 3.8) is 0 Å². The molecule has 1 saturated carbocycles. The number of carbonyl (C=O) groups is 1. The molecule has 1 aromatic carbocycles. The molecule has 92 valence electrons. The molecule has 0 atom stereocenters. The topological polar surface area (TPSA) is 60.8 Å². The third kappa shape index (κ3) is 3.28. The first-order valence-electron chi connectivity index (χ1n) is 5.88. The smallest absolute Gasteiger partial charge is 0.176 e. The summed E-state index contributed by atoms with van der Waals surface area (Å²) in [4.78, 5) is 14.0. The molecule has 2 rings (SSSR count). The highest BCUT2D eigenvalue weighted by molar-refractivity contribution is 5.97. The number of rotatable bonds is 6. The molecule has 0 saturated heterocycles. The summed E-state index contributed by atoms with van der Waals surface area (Å²) in [5, 5.41) is 18.1. The van der Waals surface area contributed by atoms with Gasteiger partial charge in [0, 0.05) is 18.2 Å². The number of benzene rings is 1. The van der Waals surface area contributed by atoms with Gasteiger partial charge in [-0.15, -0.1) is 0 Å². The zero-order chi connectivity index (χ0) is 12.3. The molecular formula is C13H17NO3. The maximum atomic E-state index is 12.0. The molecule has 4 nitrogen and oxygen atoms in total. The van der Waals surface area contributed by atoms with E-state index in [4.69, 9.17) is 10.2 Å². The Kier molecular flexibility index (Phi) is 3.76. The number of ketones is 1. The van der Waals surface area contributed by atoms with Crippen molar-refractivity contribution in [1.29, 1.82) is 0 Å². The molecule has 1 fully saturated rings. The summed E-state index contributed by atoms with van der Waals surface area (Å²) in [5.41, 5.74) is 0.603. The maximum absolute atomic E-state index is 12.0. The molecule has 4 heteroatoms. The number of aliphatic hydroxyl groups excluding tert-OH is 1. The van der Waals surface area contributed by atoms with Gasteiger partial charge in [-0.25, -0.2) is 0 Å². The fourth-order valence-corrected chi connectivity index (χ4v) is 1.88. The first-order valence-corrected chi connectivity index (χ1v) is 5.88. The Morgan fingerprint density at radius 3 is 2.47 bits per heavy atom. The Morgan fingerprint density at radius 2 is 1.94 bits per heavy atom. The van der Waals surface area contributed by atoms with E-state index < -0.39 is 0 Å². The van der Waals surface area contributed by atoms with Crippen molar-refractivity contribution in [2.75, 3.05) is 19.7 Å². The molecule has 0 aliphatic heterocycles. The Morgan fingerprint density at radius 1 is 1.29 bits per heavy atom. The lowest BCUT2D eigenvalue weighted by Crippen LogP contribution is -2.34. The van der Waals surface area contributed by atoms with Crippen LogP contribution in [0.25, 0.3) is 0 Å². The van der Waals surface area contributed by atoms with Gasteiger partial charge in [-0.2, -0.15) is 0 Å². The van der Waals surface area contributed by atoms with E-state index >= 15 is 0 Å². The number of phenolic OH excluding ortho intramolecular Hbond substituents is 1. The number of aliphatic hydroxyl groups is 1. The Hall–Kier alpha value is -1.39. The van der Waals surface area contributed by atoms with Gasteiger partial charge >= 0.3 is 0 Å². The Labute approximate surface area is 100 Å². The quantitative estimate of drug-likeness (QED) is 0.723. The summed E-state index contributed by atoms with van der Waals surface area (Å²) >= 11 is 0. The van der Waals surface area contributed by atoms with Gasteiger partial charge in [-0.1, -0.05) is 0 Å². The molecule has 1 aliphatic rings. The van der Waals surface area contributed by atoms with Crippen LogP contribution >= 0.6 is 0 Å². The van der Waals surface area contributed by atoms with E-state index in [0.29, 0.717) is 24.7 Å². The minimum absolute atomic E-state index is 0.0327. The SMILES string of the molecule is O=C(CN(CCO)C1CC1)c1ccc(O)cc1. The van der Waals surface area contributed by atoms with Crippen LogP contribution in [-0.2, 0) is 0 Å². The summed E-state index contributed by atoms with van der Waals surface area (Å²) in [6, 6.07) is 6.74. The minimum atomic E-state index is 0.0327. The number of carbonyl (C=O) groups excluding carboxylic acids is 1. The lowest BCUT2D eigenvalue weighted by atomic mass is 10.1. The van der Waals surface area contributed by atoms with Crippen molar-refractivity contribution in [3.05, 3.63) is 29.8 Å². The van der Waals surface area contributed by atoms with Crippen LogP contribution in [0.2, 0.25) is 0 Å². The van der Waals surface area contributed by atoms with Crippen molar-refractivity contribution in [2.45, 2.75) is 18.9 Å². The fraction of sp³-hybridized carbons (Fsp3) is 0.462. The molecule has 0 radical (unpaired) electrons. The second kappa shape index (κ2) is 5.29. The van der Waals surface area contributed by atoms with Crippen LogP contribution in [-0.4, -0.2) is 46.6 Å². The largest absolute Gasteiger partial charge is 0.508 e.